The Kier molecular flexibility index (Phi) is 2.64. The average Bonchev–Trinajstić information content (AvgIpc) is 2.68. The molecule has 2 rings (SSSR count). The highest BCUT2D eigenvalue weighted by Crippen LogP contribution is 2.22. The molecule has 0 unspecified atom stereocenters. The highest BCUT2D eigenvalue weighted by Gasteiger charge is 2.16. The zero-order valence-electron chi connectivity index (χ0n) is 7.47. The van der Waals surface area contributed by atoms with Gasteiger partial charge in [0.15, 0.2) is 5.13 Å². The molecule has 1 aliphatic rings. The van der Waals surface area contributed by atoms with Crippen LogP contribution in [0.2, 0.25) is 0 Å². The van der Waals surface area contributed by atoms with Gasteiger partial charge in [-0.25, -0.2) is 9.78 Å². The molecule has 2 heterocycles. The Morgan fingerprint density at radius 3 is 2.86 bits per heavy atom. The van der Waals surface area contributed by atoms with Gasteiger partial charge >= 0.3 is 5.97 Å². The summed E-state index contributed by atoms with van der Waals surface area (Å²) in [4.78, 5) is 17.0. The first kappa shape index (κ1) is 9.42. The summed E-state index contributed by atoms with van der Waals surface area (Å²) in [5.74, 6) is -0.915. The van der Waals surface area contributed by atoms with E-state index in [0.717, 1.165) is 18.2 Å². The molecule has 0 aromatic carbocycles. The molecule has 0 radical (unpaired) electrons. The smallest absolute Gasteiger partial charge is 0.347 e. The van der Waals surface area contributed by atoms with Crippen molar-refractivity contribution >= 4 is 22.4 Å². The number of anilines is 1. The Hall–Kier alpha value is -1.14. The van der Waals surface area contributed by atoms with E-state index in [1.54, 1.807) is 0 Å². The van der Waals surface area contributed by atoms with Crippen LogP contribution in [0, 0.1) is 0 Å². The fraction of sp³-hybridized carbons (Fsp3) is 0.500. The van der Waals surface area contributed by atoms with E-state index in [2.05, 4.69) is 4.98 Å². The predicted molar refractivity (Wildman–Crippen MR) is 52.1 cm³/mol. The van der Waals surface area contributed by atoms with Crippen LogP contribution in [-0.2, 0) is 4.74 Å². The van der Waals surface area contributed by atoms with Crippen molar-refractivity contribution in [3.8, 4) is 0 Å². The van der Waals surface area contributed by atoms with E-state index in [9.17, 15) is 4.79 Å². The van der Waals surface area contributed by atoms with E-state index in [0.29, 0.717) is 13.2 Å². The normalized spacial score (nSPS) is 17.0. The minimum absolute atomic E-state index is 0.284. The van der Waals surface area contributed by atoms with Crippen LogP contribution in [0.25, 0.3) is 0 Å². The molecule has 0 bridgehead atoms. The number of hydrogen-bond acceptors (Lipinski definition) is 5. The van der Waals surface area contributed by atoms with Crippen LogP contribution in [0.5, 0.6) is 0 Å². The zero-order chi connectivity index (χ0) is 9.97. The molecule has 1 saturated heterocycles. The average molecular weight is 214 g/mol. The highest BCUT2D eigenvalue weighted by atomic mass is 32.1. The minimum atomic E-state index is -0.915. The van der Waals surface area contributed by atoms with Crippen molar-refractivity contribution in [1.82, 2.24) is 4.98 Å². The quantitative estimate of drug-likeness (QED) is 0.784. The molecular formula is C8H10N2O3S. The molecule has 5 nitrogen and oxygen atoms in total. The van der Waals surface area contributed by atoms with E-state index in [1.807, 2.05) is 4.90 Å². The molecule has 0 atom stereocenters. The Balaban J connectivity index is 2.11. The maximum Gasteiger partial charge on any atom is 0.347 e. The molecule has 0 aliphatic carbocycles. The molecule has 0 spiro atoms. The highest BCUT2D eigenvalue weighted by molar-refractivity contribution is 7.17. The summed E-state index contributed by atoms with van der Waals surface area (Å²) in [6, 6.07) is 0. The molecule has 1 aromatic rings. The fourth-order valence-corrected chi connectivity index (χ4v) is 2.07. The third kappa shape index (κ3) is 1.85. The van der Waals surface area contributed by atoms with Gasteiger partial charge in [-0.3, -0.25) is 0 Å². The van der Waals surface area contributed by atoms with Crippen LogP contribution in [0.15, 0.2) is 6.20 Å². The third-order valence-electron chi connectivity index (χ3n) is 1.99. The summed E-state index contributed by atoms with van der Waals surface area (Å²) in [6.07, 6.45) is 1.40. The van der Waals surface area contributed by atoms with Crippen molar-refractivity contribution in [1.29, 1.82) is 0 Å². The topological polar surface area (TPSA) is 62.7 Å². The predicted octanol–water partition coefficient (Wildman–Crippen LogP) is 0.678. The molecule has 1 N–H and O–H groups in total. The van der Waals surface area contributed by atoms with Gasteiger partial charge in [-0.2, -0.15) is 0 Å². The number of morpholine rings is 1. The molecule has 1 aliphatic heterocycles. The number of carboxylic acid groups (broad SMARTS) is 1. The SMILES string of the molecule is O=C(O)c1cnc(N2CCOCC2)s1. The third-order valence-corrected chi connectivity index (χ3v) is 3.03. The van der Waals surface area contributed by atoms with Crippen molar-refractivity contribution in [2.45, 2.75) is 0 Å². The molecule has 1 aromatic heterocycles. The van der Waals surface area contributed by atoms with Crippen molar-refractivity contribution in [2.75, 3.05) is 31.2 Å². The van der Waals surface area contributed by atoms with Gasteiger partial charge < -0.3 is 14.7 Å². The Labute approximate surface area is 84.9 Å². The Bertz CT molecular complexity index is 333. The first-order valence-electron chi connectivity index (χ1n) is 4.29. The van der Waals surface area contributed by atoms with E-state index >= 15 is 0 Å². The van der Waals surface area contributed by atoms with Gasteiger partial charge in [0.05, 0.1) is 19.4 Å². The number of hydrogen-bond donors (Lipinski definition) is 1. The van der Waals surface area contributed by atoms with Crippen LogP contribution >= 0.6 is 11.3 Å². The summed E-state index contributed by atoms with van der Waals surface area (Å²) < 4.78 is 5.19. The molecule has 0 amide bonds. The summed E-state index contributed by atoms with van der Waals surface area (Å²) >= 11 is 1.21. The number of aromatic carboxylic acids is 1. The maximum absolute atomic E-state index is 10.6. The number of carboxylic acids is 1. The summed E-state index contributed by atoms with van der Waals surface area (Å²) in [7, 11) is 0. The van der Waals surface area contributed by atoms with E-state index in [-0.39, 0.29) is 4.88 Å². The largest absolute Gasteiger partial charge is 0.477 e. The summed E-state index contributed by atoms with van der Waals surface area (Å²) in [5, 5.41) is 9.49. The zero-order valence-corrected chi connectivity index (χ0v) is 8.29. The lowest BCUT2D eigenvalue weighted by Gasteiger charge is -2.25. The van der Waals surface area contributed by atoms with Gasteiger partial charge in [-0.05, 0) is 0 Å². The molecule has 1 fully saturated rings. The molecule has 76 valence electrons. The molecule has 6 heteroatoms. The number of rotatable bonds is 2. The molecule has 14 heavy (non-hydrogen) atoms. The lowest BCUT2D eigenvalue weighted by molar-refractivity contribution is 0.0702. The standard InChI is InChI=1S/C8H10N2O3S/c11-7(12)6-5-9-8(14-6)10-1-3-13-4-2-10/h5H,1-4H2,(H,11,12). The summed E-state index contributed by atoms with van der Waals surface area (Å²) in [6.45, 7) is 2.93. The number of aromatic nitrogens is 1. The maximum atomic E-state index is 10.6. The molecular weight excluding hydrogens is 204 g/mol. The van der Waals surface area contributed by atoms with Gasteiger partial charge in [-0.1, -0.05) is 11.3 Å². The fourth-order valence-electron chi connectivity index (χ4n) is 1.26. The van der Waals surface area contributed by atoms with Gasteiger partial charge in [0.2, 0.25) is 0 Å². The van der Waals surface area contributed by atoms with Crippen molar-refractivity contribution < 1.29 is 14.6 Å². The van der Waals surface area contributed by atoms with Crippen LogP contribution in [0.3, 0.4) is 0 Å². The van der Waals surface area contributed by atoms with Crippen molar-refractivity contribution in [3.63, 3.8) is 0 Å². The van der Waals surface area contributed by atoms with Crippen molar-refractivity contribution in [3.05, 3.63) is 11.1 Å². The van der Waals surface area contributed by atoms with Gasteiger partial charge in [0, 0.05) is 13.1 Å². The van der Waals surface area contributed by atoms with Gasteiger partial charge in [0.25, 0.3) is 0 Å². The second-order valence-corrected chi connectivity index (χ2v) is 3.92. The van der Waals surface area contributed by atoms with Crippen LogP contribution in [0.1, 0.15) is 9.67 Å². The first-order chi connectivity index (χ1) is 6.77. The van der Waals surface area contributed by atoms with E-state index in [4.69, 9.17) is 9.84 Å². The van der Waals surface area contributed by atoms with Gasteiger partial charge in [-0.15, -0.1) is 0 Å². The summed E-state index contributed by atoms with van der Waals surface area (Å²) in [5.41, 5.74) is 0. The number of thiazole rings is 1. The molecule has 0 saturated carbocycles. The van der Waals surface area contributed by atoms with Crippen molar-refractivity contribution in [2.24, 2.45) is 0 Å². The van der Waals surface area contributed by atoms with E-state index in [1.165, 1.54) is 17.5 Å². The van der Waals surface area contributed by atoms with Gasteiger partial charge in [0.1, 0.15) is 4.88 Å². The van der Waals surface area contributed by atoms with Crippen LogP contribution in [-0.4, -0.2) is 42.4 Å². The Morgan fingerprint density at radius 2 is 2.29 bits per heavy atom. The number of nitrogens with zero attached hydrogens (tertiary/aromatic N) is 2. The second-order valence-electron chi connectivity index (χ2n) is 2.91. The second kappa shape index (κ2) is 3.93. The monoisotopic (exact) mass is 214 g/mol. The minimum Gasteiger partial charge on any atom is -0.477 e. The lowest BCUT2D eigenvalue weighted by atomic mass is 10.5. The van der Waals surface area contributed by atoms with Crippen LogP contribution < -0.4 is 4.90 Å². The number of ether oxygens (including phenoxy) is 1. The van der Waals surface area contributed by atoms with E-state index < -0.39 is 5.97 Å². The number of carbonyl (C=O) groups is 1. The first-order valence-corrected chi connectivity index (χ1v) is 5.11. The Morgan fingerprint density at radius 1 is 1.57 bits per heavy atom. The lowest BCUT2D eigenvalue weighted by Crippen LogP contribution is -2.36. The van der Waals surface area contributed by atoms with Crippen LogP contribution in [0.4, 0.5) is 5.13 Å².